The number of methoxy groups -OCH3 is 1. The number of para-hydroxylation sites is 1. The highest BCUT2D eigenvalue weighted by atomic mass is 28.3. The number of benzene rings is 1. The van der Waals surface area contributed by atoms with E-state index in [2.05, 4.69) is 19.6 Å². The minimum Gasteiger partial charge on any atom is -0.496 e. The number of ether oxygens (including phenoxy) is 2. The first-order chi connectivity index (χ1) is 7.53. The predicted molar refractivity (Wildman–Crippen MR) is 70.8 cm³/mol. The standard InChI is InChI=1S/C13H22O2Si/c1-14-13-8-6-5-7-12(13)11-15-9-10-16(2,3)4/h5-8H,9-11H2,1-4H3. The first-order valence-corrected chi connectivity index (χ1v) is 9.43. The molecule has 0 spiro atoms. The van der Waals surface area contributed by atoms with Gasteiger partial charge in [-0.2, -0.15) is 0 Å². The smallest absolute Gasteiger partial charge is 0.124 e. The molecule has 0 atom stereocenters. The van der Waals surface area contributed by atoms with E-state index in [1.165, 1.54) is 6.04 Å². The molecule has 0 aliphatic rings. The molecule has 0 unspecified atom stereocenters. The van der Waals surface area contributed by atoms with Crippen LogP contribution < -0.4 is 4.74 Å². The van der Waals surface area contributed by atoms with Gasteiger partial charge in [0.15, 0.2) is 0 Å². The third-order valence-electron chi connectivity index (χ3n) is 2.45. The van der Waals surface area contributed by atoms with Gasteiger partial charge >= 0.3 is 0 Å². The molecule has 2 nitrogen and oxygen atoms in total. The maximum atomic E-state index is 5.69. The first-order valence-electron chi connectivity index (χ1n) is 5.72. The highest BCUT2D eigenvalue weighted by Crippen LogP contribution is 2.18. The van der Waals surface area contributed by atoms with E-state index in [1.807, 2.05) is 24.3 Å². The van der Waals surface area contributed by atoms with E-state index in [0.29, 0.717) is 6.61 Å². The van der Waals surface area contributed by atoms with E-state index >= 15 is 0 Å². The van der Waals surface area contributed by atoms with Crippen molar-refractivity contribution < 1.29 is 9.47 Å². The van der Waals surface area contributed by atoms with Crippen molar-refractivity contribution in [3.63, 3.8) is 0 Å². The van der Waals surface area contributed by atoms with E-state index in [9.17, 15) is 0 Å². The molecule has 0 aliphatic carbocycles. The van der Waals surface area contributed by atoms with Gasteiger partial charge in [0.1, 0.15) is 5.75 Å². The maximum Gasteiger partial charge on any atom is 0.124 e. The number of hydrogen-bond donors (Lipinski definition) is 0. The van der Waals surface area contributed by atoms with Crippen LogP contribution in [-0.2, 0) is 11.3 Å². The van der Waals surface area contributed by atoms with Crippen molar-refractivity contribution in [1.82, 2.24) is 0 Å². The van der Waals surface area contributed by atoms with Crippen molar-refractivity contribution in [2.75, 3.05) is 13.7 Å². The lowest BCUT2D eigenvalue weighted by atomic mass is 10.2. The largest absolute Gasteiger partial charge is 0.496 e. The molecule has 3 heteroatoms. The third kappa shape index (κ3) is 4.81. The molecule has 90 valence electrons. The number of hydrogen-bond acceptors (Lipinski definition) is 2. The van der Waals surface area contributed by atoms with E-state index in [4.69, 9.17) is 9.47 Å². The van der Waals surface area contributed by atoms with Crippen molar-refractivity contribution in [1.29, 1.82) is 0 Å². The molecule has 1 aromatic carbocycles. The van der Waals surface area contributed by atoms with E-state index in [-0.39, 0.29) is 0 Å². The van der Waals surface area contributed by atoms with Crippen LogP contribution in [0.5, 0.6) is 5.75 Å². The van der Waals surface area contributed by atoms with Crippen LogP contribution in [0, 0.1) is 0 Å². The van der Waals surface area contributed by atoms with Crippen molar-refractivity contribution in [2.45, 2.75) is 32.3 Å². The molecule has 16 heavy (non-hydrogen) atoms. The molecule has 0 fully saturated rings. The average Bonchev–Trinajstić information content (AvgIpc) is 2.23. The van der Waals surface area contributed by atoms with Crippen LogP contribution in [0.3, 0.4) is 0 Å². The van der Waals surface area contributed by atoms with E-state index < -0.39 is 8.07 Å². The SMILES string of the molecule is COc1ccccc1COCC[Si](C)(C)C. The second-order valence-corrected chi connectivity index (χ2v) is 10.8. The summed E-state index contributed by atoms with van der Waals surface area (Å²) in [5.41, 5.74) is 1.13. The molecule has 1 aromatic rings. The van der Waals surface area contributed by atoms with Crippen molar-refractivity contribution >= 4 is 8.07 Å². The van der Waals surface area contributed by atoms with Crippen LogP contribution in [0.1, 0.15) is 5.56 Å². The summed E-state index contributed by atoms with van der Waals surface area (Å²) >= 11 is 0. The third-order valence-corrected chi connectivity index (χ3v) is 4.15. The normalized spacial score (nSPS) is 11.5. The zero-order valence-corrected chi connectivity index (χ0v) is 11.7. The quantitative estimate of drug-likeness (QED) is 0.557. The highest BCUT2D eigenvalue weighted by Gasteiger charge is 2.12. The van der Waals surface area contributed by atoms with Gasteiger partial charge in [-0.15, -0.1) is 0 Å². The fourth-order valence-electron chi connectivity index (χ4n) is 1.38. The summed E-state index contributed by atoms with van der Waals surface area (Å²) in [4.78, 5) is 0. The second kappa shape index (κ2) is 6.06. The van der Waals surface area contributed by atoms with Gasteiger partial charge in [-0.05, 0) is 12.1 Å². The van der Waals surface area contributed by atoms with Crippen LogP contribution in [0.15, 0.2) is 24.3 Å². The lowest BCUT2D eigenvalue weighted by Gasteiger charge is -2.15. The first kappa shape index (κ1) is 13.3. The van der Waals surface area contributed by atoms with Gasteiger partial charge in [0.2, 0.25) is 0 Å². The fraction of sp³-hybridized carbons (Fsp3) is 0.538. The molecular weight excluding hydrogens is 216 g/mol. The molecule has 0 N–H and O–H groups in total. The highest BCUT2D eigenvalue weighted by molar-refractivity contribution is 6.76. The fourth-order valence-corrected chi connectivity index (χ4v) is 2.14. The molecule has 0 aromatic heterocycles. The summed E-state index contributed by atoms with van der Waals surface area (Å²) in [7, 11) is 0.722. The van der Waals surface area contributed by atoms with Crippen LogP contribution in [0.4, 0.5) is 0 Å². The maximum absolute atomic E-state index is 5.69. The van der Waals surface area contributed by atoms with E-state index in [0.717, 1.165) is 17.9 Å². The topological polar surface area (TPSA) is 18.5 Å². The minimum atomic E-state index is -0.974. The zero-order valence-electron chi connectivity index (χ0n) is 10.7. The van der Waals surface area contributed by atoms with Crippen molar-refractivity contribution in [2.24, 2.45) is 0 Å². The molecule has 1 rings (SSSR count). The summed E-state index contributed by atoms with van der Waals surface area (Å²) in [6.45, 7) is 8.58. The lowest BCUT2D eigenvalue weighted by Crippen LogP contribution is -2.21. The Hall–Kier alpha value is -0.803. The summed E-state index contributed by atoms with van der Waals surface area (Å²) in [5.74, 6) is 0.913. The summed E-state index contributed by atoms with van der Waals surface area (Å²) < 4.78 is 11.0. The van der Waals surface area contributed by atoms with Gasteiger partial charge in [0, 0.05) is 20.2 Å². The molecule has 0 bridgehead atoms. The Labute approximate surface area is 99.6 Å². The van der Waals surface area contributed by atoms with Gasteiger partial charge in [0.05, 0.1) is 13.7 Å². The van der Waals surface area contributed by atoms with Gasteiger partial charge in [-0.25, -0.2) is 0 Å². The molecule has 0 heterocycles. The molecule has 0 radical (unpaired) electrons. The number of rotatable bonds is 6. The minimum absolute atomic E-state index is 0.647. The molecule has 0 amide bonds. The molecule has 0 saturated carbocycles. The Morgan fingerprint density at radius 3 is 2.44 bits per heavy atom. The zero-order chi connectivity index (χ0) is 12.0. The van der Waals surface area contributed by atoms with Crippen LogP contribution >= 0.6 is 0 Å². The van der Waals surface area contributed by atoms with Gasteiger partial charge in [-0.1, -0.05) is 37.8 Å². The summed E-state index contributed by atoms with van der Waals surface area (Å²) in [6.07, 6.45) is 0. The Bertz CT molecular complexity index is 318. The van der Waals surface area contributed by atoms with Crippen LogP contribution in [0.25, 0.3) is 0 Å². The van der Waals surface area contributed by atoms with E-state index in [1.54, 1.807) is 7.11 Å². The van der Waals surface area contributed by atoms with Gasteiger partial charge in [0.25, 0.3) is 0 Å². The molecule has 0 aliphatic heterocycles. The second-order valence-electron chi connectivity index (χ2n) is 5.18. The monoisotopic (exact) mass is 238 g/mol. The molecule has 0 saturated heterocycles. The van der Waals surface area contributed by atoms with Crippen molar-refractivity contribution in [3.8, 4) is 5.75 Å². The van der Waals surface area contributed by atoms with Crippen molar-refractivity contribution in [3.05, 3.63) is 29.8 Å². The predicted octanol–water partition coefficient (Wildman–Crippen LogP) is 3.55. The molecular formula is C13H22O2Si. The summed E-state index contributed by atoms with van der Waals surface area (Å²) in [5, 5.41) is 0. The Kier molecular flexibility index (Phi) is 5.02. The average molecular weight is 238 g/mol. The Morgan fingerprint density at radius 2 is 1.81 bits per heavy atom. The van der Waals surface area contributed by atoms with Crippen LogP contribution in [0.2, 0.25) is 25.7 Å². The lowest BCUT2D eigenvalue weighted by molar-refractivity contribution is 0.131. The Balaban J connectivity index is 2.37. The Morgan fingerprint density at radius 1 is 1.12 bits per heavy atom. The van der Waals surface area contributed by atoms with Gasteiger partial charge < -0.3 is 9.47 Å². The van der Waals surface area contributed by atoms with Gasteiger partial charge in [-0.3, -0.25) is 0 Å². The van der Waals surface area contributed by atoms with Crippen LogP contribution in [-0.4, -0.2) is 21.8 Å². The summed E-state index contributed by atoms with van der Waals surface area (Å²) in [6, 6.07) is 9.22.